The number of H-pyrrole nitrogens is 1. The predicted octanol–water partition coefficient (Wildman–Crippen LogP) is 4.92. The van der Waals surface area contributed by atoms with Gasteiger partial charge >= 0.3 is 0 Å². The Morgan fingerprint density at radius 3 is 2.50 bits per heavy atom. The number of hydrogen-bond acceptors (Lipinski definition) is 7. The lowest BCUT2D eigenvalue weighted by Crippen LogP contribution is -2.39. The van der Waals surface area contributed by atoms with E-state index in [1.807, 2.05) is 59.6 Å². The molecule has 0 spiro atoms. The molecule has 1 aliphatic heterocycles. The lowest BCUT2D eigenvalue weighted by Gasteiger charge is -2.31. The zero-order valence-electron chi connectivity index (χ0n) is 20.1. The zero-order chi connectivity index (χ0) is 25.1. The largest absolute Gasteiger partial charge is 0.494 e. The zero-order valence-corrected chi connectivity index (χ0v) is 20.1. The van der Waals surface area contributed by atoms with E-state index in [1.165, 1.54) is 18.1 Å². The fourth-order valence-corrected chi connectivity index (χ4v) is 4.54. The molecule has 5 rings (SSSR count). The van der Waals surface area contributed by atoms with Crippen LogP contribution >= 0.6 is 0 Å². The molecule has 2 N–H and O–H groups in total. The number of nitrogens with one attached hydrogen (secondary N) is 1. The molecule has 0 amide bonds. The number of hydrogen-bond donors (Lipinski definition) is 2. The molecule has 9 heteroatoms. The van der Waals surface area contributed by atoms with E-state index in [1.54, 1.807) is 12.1 Å². The predicted molar refractivity (Wildman–Crippen MR) is 135 cm³/mol. The topological polar surface area (TPSA) is 90.4 Å². The molecule has 2 heterocycles. The number of tetrazole rings is 1. The number of para-hydroxylation sites is 1. The Balaban J connectivity index is 1.41. The van der Waals surface area contributed by atoms with Crippen molar-refractivity contribution in [2.24, 2.45) is 0 Å². The molecular formula is C27H27FN6O2. The molecule has 0 saturated carbocycles. The van der Waals surface area contributed by atoms with Crippen LogP contribution in [0.15, 0.2) is 78.6 Å². The molecule has 0 bridgehead atoms. The van der Waals surface area contributed by atoms with E-state index in [0.717, 1.165) is 40.8 Å². The maximum Gasteiger partial charge on any atom is 0.212 e. The smallest absolute Gasteiger partial charge is 0.212 e. The van der Waals surface area contributed by atoms with Gasteiger partial charge in [-0.15, -0.1) is 5.10 Å². The highest BCUT2D eigenvalue weighted by atomic mass is 19.1. The van der Waals surface area contributed by atoms with Crippen LogP contribution in [0, 0.1) is 5.82 Å². The van der Waals surface area contributed by atoms with Crippen LogP contribution < -0.4 is 9.64 Å². The summed E-state index contributed by atoms with van der Waals surface area (Å²) in [4.78, 5) is 3.42. The minimum absolute atomic E-state index is 0.220. The van der Waals surface area contributed by atoms with E-state index in [2.05, 4.69) is 27.5 Å². The molecule has 36 heavy (non-hydrogen) atoms. The van der Waals surface area contributed by atoms with Crippen molar-refractivity contribution in [2.75, 3.05) is 12.0 Å². The average Bonchev–Trinajstić information content (AvgIpc) is 3.54. The van der Waals surface area contributed by atoms with Crippen molar-refractivity contribution in [3.05, 3.63) is 90.0 Å². The van der Waals surface area contributed by atoms with E-state index < -0.39 is 12.2 Å². The first-order chi connectivity index (χ1) is 17.6. The van der Waals surface area contributed by atoms with Gasteiger partial charge in [-0.05, 0) is 45.7 Å². The summed E-state index contributed by atoms with van der Waals surface area (Å²) in [7, 11) is 1.49. The Bertz CT molecular complexity index is 1360. The van der Waals surface area contributed by atoms with Crippen molar-refractivity contribution >= 4 is 5.69 Å². The van der Waals surface area contributed by atoms with Crippen LogP contribution in [-0.4, -0.2) is 44.1 Å². The van der Waals surface area contributed by atoms with Gasteiger partial charge in [0.2, 0.25) is 6.35 Å². The number of ether oxygens (including phenoxy) is 1. The number of methoxy groups -OCH3 is 1. The summed E-state index contributed by atoms with van der Waals surface area (Å²) in [5.41, 5.74) is 5.11. The first-order valence-electron chi connectivity index (χ1n) is 11.8. The van der Waals surface area contributed by atoms with E-state index >= 15 is 0 Å². The molecule has 1 unspecified atom stereocenters. The number of aromatic nitrogens is 4. The number of rotatable bonds is 8. The number of halogens is 1. The summed E-state index contributed by atoms with van der Waals surface area (Å²) in [6, 6.07) is 20.7. The number of allylic oxidation sites excluding steroid dienone is 1. The first kappa shape index (κ1) is 23.5. The van der Waals surface area contributed by atoms with Gasteiger partial charge in [0, 0.05) is 24.0 Å². The fraction of sp³-hybridized carbons (Fsp3) is 0.222. The fourth-order valence-electron chi connectivity index (χ4n) is 4.54. The Morgan fingerprint density at radius 2 is 1.81 bits per heavy atom. The summed E-state index contributed by atoms with van der Waals surface area (Å²) >= 11 is 0. The molecular weight excluding hydrogens is 459 g/mol. The number of nitrogens with zero attached hydrogens (tertiary/aromatic N) is 5. The van der Waals surface area contributed by atoms with Crippen molar-refractivity contribution in [2.45, 2.75) is 32.7 Å². The molecule has 1 aliphatic rings. The highest BCUT2D eigenvalue weighted by Gasteiger charge is 2.34. The third-order valence-electron chi connectivity index (χ3n) is 6.26. The Kier molecular flexibility index (Phi) is 6.64. The Labute approximate surface area is 208 Å². The van der Waals surface area contributed by atoms with Gasteiger partial charge in [-0.25, -0.2) is 9.49 Å². The second-order valence-electron chi connectivity index (χ2n) is 8.54. The number of aliphatic hydroxyl groups excluding tert-OH is 1. The van der Waals surface area contributed by atoms with Crippen LogP contribution in [0.5, 0.6) is 5.75 Å². The van der Waals surface area contributed by atoms with Gasteiger partial charge in [-0.3, -0.25) is 4.90 Å². The van der Waals surface area contributed by atoms with E-state index in [0.29, 0.717) is 18.1 Å². The van der Waals surface area contributed by atoms with Crippen LogP contribution in [-0.2, 0) is 6.54 Å². The van der Waals surface area contributed by atoms with Gasteiger partial charge in [0.25, 0.3) is 0 Å². The number of anilines is 1. The second-order valence-corrected chi connectivity index (χ2v) is 8.54. The lowest BCUT2D eigenvalue weighted by molar-refractivity contribution is 0.0394. The van der Waals surface area contributed by atoms with Crippen LogP contribution in [0.25, 0.3) is 22.5 Å². The van der Waals surface area contributed by atoms with Crippen LogP contribution in [0.1, 0.15) is 25.3 Å². The van der Waals surface area contributed by atoms with Gasteiger partial charge < -0.3 is 14.7 Å². The van der Waals surface area contributed by atoms with Gasteiger partial charge in [-0.2, -0.15) is 0 Å². The summed E-state index contributed by atoms with van der Waals surface area (Å²) in [5, 5.41) is 25.5. The van der Waals surface area contributed by atoms with Crippen LogP contribution in [0.3, 0.4) is 0 Å². The summed E-state index contributed by atoms with van der Waals surface area (Å²) < 4.78 is 20.1. The quantitative estimate of drug-likeness (QED) is 0.365. The van der Waals surface area contributed by atoms with Gasteiger partial charge in [0.1, 0.15) is 11.4 Å². The lowest BCUT2D eigenvalue weighted by atomic mass is 9.98. The number of aliphatic hydroxyl groups is 1. The highest BCUT2D eigenvalue weighted by molar-refractivity contribution is 5.80. The average molecular weight is 487 g/mol. The van der Waals surface area contributed by atoms with Crippen molar-refractivity contribution in [3.8, 4) is 28.3 Å². The molecule has 1 aromatic heterocycles. The van der Waals surface area contributed by atoms with Crippen LogP contribution in [0.2, 0.25) is 0 Å². The molecule has 0 fully saturated rings. The van der Waals surface area contributed by atoms with E-state index in [-0.39, 0.29) is 5.69 Å². The third kappa shape index (κ3) is 4.40. The summed E-state index contributed by atoms with van der Waals surface area (Å²) in [6.45, 7) is 2.54. The van der Waals surface area contributed by atoms with Crippen LogP contribution in [0.4, 0.5) is 10.1 Å². The monoisotopic (exact) mass is 486 g/mol. The molecule has 3 aromatic carbocycles. The minimum Gasteiger partial charge on any atom is -0.494 e. The molecule has 1 atom stereocenters. The molecule has 0 saturated heterocycles. The van der Waals surface area contributed by atoms with Crippen molar-refractivity contribution < 1.29 is 14.2 Å². The standard InChI is InChI=1S/C27H27FN6O2/c1-3-7-20-17-34(25-23(28)10-6-11-24(25)36-2)27(35)33(20)16-18-12-14-19(15-13-18)21-8-4-5-9-22(21)26-29-31-32-30-26/h4-6,8-15,17,27,35H,3,7,16H2,1-2H3,(H,29,30,31,32). The highest BCUT2D eigenvalue weighted by Crippen LogP contribution is 2.38. The molecule has 8 nitrogen and oxygen atoms in total. The molecule has 0 radical (unpaired) electrons. The normalized spacial score (nSPS) is 15.3. The van der Waals surface area contributed by atoms with Gasteiger partial charge in [0.05, 0.1) is 7.11 Å². The number of aromatic amines is 1. The first-order valence-corrected chi connectivity index (χ1v) is 11.8. The molecule has 0 aliphatic carbocycles. The Morgan fingerprint density at radius 1 is 1.03 bits per heavy atom. The van der Waals surface area contributed by atoms with E-state index in [9.17, 15) is 9.50 Å². The maximum absolute atomic E-state index is 14.8. The van der Waals surface area contributed by atoms with Gasteiger partial charge in [0.15, 0.2) is 11.6 Å². The van der Waals surface area contributed by atoms with Crippen molar-refractivity contribution in [1.29, 1.82) is 0 Å². The maximum atomic E-state index is 14.8. The van der Waals surface area contributed by atoms with E-state index in [4.69, 9.17) is 4.74 Å². The van der Waals surface area contributed by atoms with Crippen molar-refractivity contribution in [1.82, 2.24) is 25.5 Å². The molecule has 4 aromatic rings. The molecule has 184 valence electrons. The summed E-state index contributed by atoms with van der Waals surface area (Å²) in [5.74, 6) is 0.521. The summed E-state index contributed by atoms with van der Waals surface area (Å²) in [6.07, 6.45) is 2.40. The SMILES string of the molecule is CCCC1=CN(c2c(F)cccc2OC)C(O)N1Cc1ccc(-c2ccccc2-c2nnn[nH]2)cc1. The minimum atomic E-state index is -1.06. The second kappa shape index (κ2) is 10.2. The van der Waals surface area contributed by atoms with Gasteiger partial charge in [-0.1, -0.05) is 67.9 Å². The van der Waals surface area contributed by atoms with Crippen molar-refractivity contribution in [3.63, 3.8) is 0 Å². The number of benzene rings is 3. The Hall–Kier alpha value is -4.24. The third-order valence-corrected chi connectivity index (χ3v) is 6.26.